The number of para-hydroxylation sites is 1. The summed E-state index contributed by atoms with van der Waals surface area (Å²) in [6, 6.07) is 24.6. The SMILES string of the molecule is CCOC(=O)c1cc(/C=C/c2ccccc2)n(-c2ccc(S(=O)(=O)NC(=O)Nc3ccccc3)cc2)n1. The van der Waals surface area contributed by atoms with E-state index < -0.39 is 22.0 Å². The van der Waals surface area contributed by atoms with Crippen LogP contribution in [0.3, 0.4) is 0 Å². The van der Waals surface area contributed by atoms with Crippen molar-refractivity contribution < 1.29 is 22.7 Å². The van der Waals surface area contributed by atoms with Crippen LogP contribution in [-0.2, 0) is 14.8 Å². The summed E-state index contributed by atoms with van der Waals surface area (Å²) in [6.45, 7) is 1.91. The molecule has 0 radical (unpaired) electrons. The van der Waals surface area contributed by atoms with E-state index in [9.17, 15) is 18.0 Å². The van der Waals surface area contributed by atoms with Gasteiger partial charge in [0, 0.05) is 5.69 Å². The number of ether oxygens (including phenoxy) is 1. The molecule has 0 atom stereocenters. The number of nitrogens with one attached hydrogen (secondary N) is 2. The first-order valence-corrected chi connectivity index (χ1v) is 12.8. The number of hydrogen-bond acceptors (Lipinski definition) is 6. The van der Waals surface area contributed by atoms with E-state index in [1.807, 2.05) is 41.1 Å². The maximum atomic E-state index is 12.7. The van der Waals surface area contributed by atoms with Crippen LogP contribution in [0.25, 0.3) is 17.8 Å². The van der Waals surface area contributed by atoms with Crippen LogP contribution in [-0.4, -0.2) is 36.8 Å². The predicted molar refractivity (Wildman–Crippen MR) is 141 cm³/mol. The van der Waals surface area contributed by atoms with Crippen molar-refractivity contribution >= 4 is 39.9 Å². The number of nitrogens with zero attached hydrogens (tertiary/aromatic N) is 2. The highest BCUT2D eigenvalue weighted by Crippen LogP contribution is 2.19. The minimum absolute atomic E-state index is 0.112. The minimum Gasteiger partial charge on any atom is -0.461 e. The Hall–Kier alpha value is -4.70. The maximum absolute atomic E-state index is 12.7. The molecule has 3 aromatic carbocycles. The first kappa shape index (κ1) is 25.4. The normalized spacial score (nSPS) is 11.3. The van der Waals surface area contributed by atoms with Gasteiger partial charge in [0.05, 0.1) is 22.9 Å². The lowest BCUT2D eigenvalue weighted by atomic mass is 10.2. The van der Waals surface area contributed by atoms with Gasteiger partial charge in [-0.2, -0.15) is 5.10 Å². The fraction of sp³-hybridized carbons (Fsp3) is 0.0741. The largest absolute Gasteiger partial charge is 0.461 e. The topological polar surface area (TPSA) is 119 Å². The molecule has 0 saturated heterocycles. The van der Waals surface area contributed by atoms with Crippen LogP contribution in [0, 0.1) is 0 Å². The summed E-state index contributed by atoms with van der Waals surface area (Å²) in [6.07, 6.45) is 3.67. The van der Waals surface area contributed by atoms with Crippen molar-refractivity contribution in [3.05, 3.63) is 108 Å². The Balaban J connectivity index is 1.58. The number of sulfonamides is 1. The van der Waals surface area contributed by atoms with E-state index in [-0.39, 0.29) is 17.2 Å². The molecule has 0 bridgehead atoms. The molecule has 0 aliphatic heterocycles. The van der Waals surface area contributed by atoms with Crippen molar-refractivity contribution in [1.29, 1.82) is 0 Å². The van der Waals surface area contributed by atoms with Crippen LogP contribution < -0.4 is 10.0 Å². The van der Waals surface area contributed by atoms with Gasteiger partial charge in [-0.1, -0.05) is 54.6 Å². The van der Waals surface area contributed by atoms with Crippen molar-refractivity contribution in [3.63, 3.8) is 0 Å². The van der Waals surface area contributed by atoms with Crippen molar-refractivity contribution in [1.82, 2.24) is 14.5 Å². The average molecular weight is 517 g/mol. The zero-order valence-corrected chi connectivity index (χ0v) is 20.7. The van der Waals surface area contributed by atoms with E-state index in [0.717, 1.165) is 5.56 Å². The fourth-order valence-electron chi connectivity index (χ4n) is 3.40. The van der Waals surface area contributed by atoms with E-state index in [0.29, 0.717) is 17.1 Å². The van der Waals surface area contributed by atoms with Crippen molar-refractivity contribution in [2.24, 2.45) is 0 Å². The molecule has 2 amide bonds. The Labute approximate surface area is 214 Å². The van der Waals surface area contributed by atoms with Gasteiger partial charge < -0.3 is 10.1 Å². The van der Waals surface area contributed by atoms with Crippen molar-refractivity contribution in [2.75, 3.05) is 11.9 Å². The second-order valence-electron chi connectivity index (χ2n) is 7.75. The summed E-state index contributed by atoms with van der Waals surface area (Å²) in [4.78, 5) is 24.4. The first-order valence-electron chi connectivity index (χ1n) is 11.4. The number of anilines is 1. The lowest BCUT2D eigenvalue weighted by Crippen LogP contribution is -2.34. The van der Waals surface area contributed by atoms with Gasteiger partial charge in [0.25, 0.3) is 10.0 Å². The molecule has 4 aromatic rings. The molecule has 2 N–H and O–H groups in total. The van der Waals surface area contributed by atoms with Gasteiger partial charge in [0.2, 0.25) is 0 Å². The number of aromatic nitrogens is 2. The van der Waals surface area contributed by atoms with E-state index in [2.05, 4.69) is 10.4 Å². The number of esters is 1. The summed E-state index contributed by atoms with van der Waals surface area (Å²) in [7, 11) is -4.13. The quantitative estimate of drug-likeness (QED) is 0.327. The van der Waals surface area contributed by atoms with Crippen LogP contribution in [0.15, 0.2) is 95.9 Å². The Morgan fingerprint density at radius 1 is 0.919 bits per heavy atom. The smallest absolute Gasteiger partial charge is 0.358 e. The highest BCUT2D eigenvalue weighted by molar-refractivity contribution is 7.90. The van der Waals surface area contributed by atoms with Gasteiger partial charge in [-0.05, 0) is 61.0 Å². The van der Waals surface area contributed by atoms with Gasteiger partial charge in [-0.3, -0.25) is 0 Å². The molecule has 1 aromatic heterocycles. The fourth-order valence-corrected chi connectivity index (χ4v) is 4.30. The predicted octanol–water partition coefficient (Wildman–Crippen LogP) is 4.73. The highest BCUT2D eigenvalue weighted by Gasteiger charge is 2.19. The zero-order valence-electron chi connectivity index (χ0n) is 19.9. The maximum Gasteiger partial charge on any atom is 0.358 e. The molecule has 0 unspecified atom stereocenters. The number of carbonyl (C=O) groups is 2. The third-order valence-corrected chi connectivity index (χ3v) is 6.46. The van der Waals surface area contributed by atoms with Crippen LogP contribution >= 0.6 is 0 Å². The monoisotopic (exact) mass is 516 g/mol. The third-order valence-electron chi connectivity index (χ3n) is 5.12. The zero-order chi connectivity index (χ0) is 26.3. The number of hydrogen-bond donors (Lipinski definition) is 2. The summed E-state index contributed by atoms with van der Waals surface area (Å²) in [5.74, 6) is -0.566. The second kappa shape index (κ2) is 11.4. The molecule has 0 saturated carbocycles. The summed E-state index contributed by atoms with van der Waals surface area (Å²) in [5, 5.41) is 6.83. The Kier molecular flexibility index (Phi) is 7.80. The Morgan fingerprint density at radius 3 is 2.22 bits per heavy atom. The van der Waals surface area contributed by atoms with Crippen molar-refractivity contribution in [3.8, 4) is 5.69 Å². The molecular weight excluding hydrogens is 492 g/mol. The summed E-state index contributed by atoms with van der Waals surface area (Å²) >= 11 is 0. The number of benzene rings is 3. The van der Waals surface area contributed by atoms with Crippen molar-refractivity contribution in [2.45, 2.75) is 11.8 Å². The molecule has 9 nitrogen and oxygen atoms in total. The van der Waals surface area contributed by atoms with Crippen LogP contribution in [0.2, 0.25) is 0 Å². The lowest BCUT2D eigenvalue weighted by Gasteiger charge is -2.10. The van der Waals surface area contributed by atoms with Gasteiger partial charge >= 0.3 is 12.0 Å². The standard InChI is InChI=1S/C27H24N4O5S/c1-2-36-26(32)25-19-23(14-13-20-9-5-3-6-10-20)31(29-25)22-15-17-24(18-16-22)37(34,35)30-27(33)28-21-11-7-4-8-12-21/h3-19H,2H2,1H3,(H2,28,30,33)/b14-13+. The number of urea groups is 1. The first-order chi connectivity index (χ1) is 17.9. The number of amides is 2. The molecule has 1 heterocycles. The molecule has 0 fully saturated rings. The van der Waals surface area contributed by atoms with Gasteiger partial charge in [0.15, 0.2) is 5.69 Å². The lowest BCUT2D eigenvalue weighted by molar-refractivity contribution is 0.0519. The Morgan fingerprint density at radius 2 is 1.57 bits per heavy atom. The minimum atomic E-state index is -4.13. The molecular formula is C27H24N4O5S. The molecule has 188 valence electrons. The van der Waals surface area contributed by atoms with E-state index >= 15 is 0 Å². The third kappa shape index (κ3) is 6.50. The van der Waals surface area contributed by atoms with Crippen LogP contribution in [0.4, 0.5) is 10.5 Å². The van der Waals surface area contributed by atoms with Crippen LogP contribution in [0.5, 0.6) is 0 Å². The highest BCUT2D eigenvalue weighted by atomic mass is 32.2. The second-order valence-corrected chi connectivity index (χ2v) is 9.43. The molecule has 0 aliphatic rings. The Bertz CT molecular complexity index is 1510. The molecule has 0 aliphatic carbocycles. The van der Waals surface area contributed by atoms with E-state index in [4.69, 9.17) is 4.74 Å². The summed E-state index contributed by atoms with van der Waals surface area (Å²) < 4.78 is 34.0. The molecule has 4 rings (SSSR count). The number of rotatable bonds is 8. The van der Waals surface area contributed by atoms with Crippen LogP contribution in [0.1, 0.15) is 28.7 Å². The van der Waals surface area contributed by atoms with E-state index in [1.165, 1.54) is 28.9 Å². The summed E-state index contributed by atoms with van der Waals surface area (Å²) in [5.41, 5.74) is 2.62. The molecule has 37 heavy (non-hydrogen) atoms. The van der Waals surface area contributed by atoms with Gasteiger partial charge in [-0.25, -0.2) is 27.4 Å². The average Bonchev–Trinajstić information content (AvgIpc) is 3.33. The molecule has 10 heteroatoms. The van der Waals surface area contributed by atoms with Gasteiger partial charge in [0.1, 0.15) is 0 Å². The number of carbonyl (C=O) groups excluding carboxylic acids is 2. The molecule has 0 spiro atoms. The van der Waals surface area contributed by atoms with E-state index in [1.54, 1.807) is 49.4 Å². The van der Waals surface area contributed by atoms with Gasteiger partial charge in [-0.15, -0.1) is 0 Å².